The van der Waals surface area contributed by atoms with E-state index in [9.17, 15) is 8.60 Å². The van der Waals surface area contributed by atoms with Crippen LogP contribution in [0, 0.1) is 11.7 Å². The van der Waals surface area contributed by atoms with E-state index in [0.29, 0.717) is 23.5 Å². The van der Waals surface area contributed by atoms with Gasteiger partial charge in [-0.2, -0.15) is 0 Å². The van der Waals surface area contributed by atoms with Crippen molar-refractivity contribution < 1.29 is 8.60 Å². The number of aromatic amines is 1. The van der Waals surface area contributed by atoms with Gasteiger partial charge in [0.05, 0.1) is 20.9 Å². The van der Waals surface area contributed by atoms with E-state index in [0.717, 1.165) is 48.1 Å². The maximum Gasteiger partial charge on any atom is 0.142 e. The van der Waals surface area contributed by atoms with Crippen molar-refractivity contribution in [1.29, 1.82) is 0 Å². The van der Waals surface area contributed by atoms with E-state index in [2.05, 4.69) is 31.3 Å². The maximum absolute atomic E-state index is 13.3. The van der Waals surface area contributed by atoms with Crippen LogP contribution in [0.1, 0.15) is 31.2 Å². The maximum atomic E-state index is 13.3. The van der Waals surface area contributed by atoms with Crippen LogP contribution in [0.2, 0.25) is 0 Å². The van der Waals surface area contributed by atoms with Gasteiger partial charge in [0, 0.05) is 32.1 Å². The van der Waals surface area contributed by atoms with Crippen LogP contribution in [-0.4, -0.2) is 45.1 Å². The Labute approximate surface area is 177 Å². The average Bonchev–Trinajstić information content (AvgIpc) is 3.24. The predicted octanol–water partition coefficient (Wildman–Crippen LogP) is 4.39. The molecule has 30 heavy (non-hydrogen) atoms. The summed E-state index contributed by atoms with van der Waals surface area (Å²) in [5.74, 6) is 2.06. The van der Waals surface area contributed by atoms with Crippen molar-refractivity contribution >= 4 is 26.6 Å². The summed E-state index contributed by atoms with van der Waals surface area (Å²) in [4.78, 5) is 14.2. The molecule has 160 valence electrons. The fourth-order valence-electron chi connectivity index (χ4n) is 4.42. The molecule has 2 heterocycles. The van der Waals surface area contributed by atoms with Gasteiger partial charge in [0.1, 0.15) is 23.6 Å². The molecule has 0 aliphatic heterocycles. The number of H-pyrrole nitrogens is 1. The molecular formula is C22H28FN5OS. The Morgan fingerprint density at radius 3 is 2.60 bits per heavy atom. The van der Waals surface area contributed by atoms with Crippen LogP contribution >= 0.6 is 0 Å². The number of rotatable bonds is 6. The van der Waals surface area contributed by atoms with Crippen molar-refractivity contribution in [2.45, 2.75) is 37.5 Å². The van der Waals surface area contributed by atoms with Gasteiger partial charge in [-0.25, -0.2) is 22.9 Å². The molecule has 1 unspecified atom stereocenters. The molecule has 1 saturated carbocycles. The van der Waals surface area contributed by atoms with Crippen LogP contribution in [0.15, 0.2) is 47.2 Å². The molecular weight excluding hydrogens is 401 g/mol. The van der Waals surface area contributed by atoms with E-state index < -0.39 is 9.73 Å². The van der Waals surface area contributed by atoms with Crippen molar-refractivity contribution in [3.05, 3.63) is 54.2 Å². The third-order valence-corrected chi connectivity index (χ3v) is 8.61. The zero-order valence-electron chi connectivity index (χ0n) is 17.4. The van der Waals surface area contributed by atoms with Crippen LogP contribution in [-0.2, 0) is 15.5 Å². The number of fused-ring (bicyclic) bond motifs is 1. The van der Waals surface area contributed by atoms with Crippen molar-refractivity contribution in [1.82, 2.24) is 15.0 Å². The first-order valence-corrected chi connectivity index (χ1v) is 12.2. The quantitative estimate of drug-likeness (QED) is 0.631. The van der Waals surface area contributed by atoms with Crippen LogP contribution in [0.3, 0.4) is 0 Å². The fourth-order valence-corrected chi connectivity index (χ4v) is 6.60. The minimum atomic E-state index is -2.34. The zero-order valence-corrected chi connectivity index (χ0v) is 18.2. The molecule has 4 rings (SSSR count). The van der Waals surface area contributed by atoms with E-state index in [1.165, 1.54) is 12.1 Å². The lowest BCUT2D eigenvalue weighted by Gasteiger charge is -2.35. The number of nitrogens with one attached hydrogen (secondary N) is 1. The summed E-state index contributed by atoms with van der Waals surface area (Å²) in [6.45, 7) is 0. The Morgan fingerprint density at radius 2 is 1.90 bits per heavy atom. The second kappa shape index (κ2) is 8.71. The topological polar surface area (TPSA) is 74.2 Å². The SMILES string of the molecule is CN=S(=O)(Cc1ccc(F)cc1)CC1CCC(N(C)c2ncnc3[nH]ccc23)CC1. The van der Waals surface area contributed by atoms with Crippen LogP contribution in [0.25, 0.3) is 11.0 Å². The number of hydrogen-bond donors (Lipinski definition) is 1. The Bertz CT molecular complexity index is 1110. The zero-order chi connectivity index (χ0) is 21.1. The first kappa shape index (κ1) is 20.8. The Hall–Kier alpha value is -2.48. The highest BCUT2D eigenvalue weighted by atomic mass is 32.2. The first-order valence-electron chi connectivity index (χ1n) is 10.3. The predicted molar refractivity (Wildman–Crippen MR) is 120 cm³/mol. The van der Waals surface area contributed by atoms with Crippen molar-refractivity contribution in [3.63, 3.8) is 0 Å². The number of anilines is 1. The van der Waals surface area contributed by atoms with Gasteiger partial charge in [0.2, 0.25) is 0 Å². The highest BCUT2D eigenvalue weighted by molar-refractivity contribution is 7.92. The molecule has 0 bridgehead atoms. The summed E-state index contributed by atoms with van der Waals surface area (Å²) in [6, 6.07) is 8.66. The normalized spacial score (nSPS) is 21.3. The van der Waals surface area contributed by atoms with E-state index in [-0.39, 0.29) is 5.82 Å². The summed E-state index contributed by atoms with van der Waals surface area (Å²) in [6.07, 6.45) is 7.60. The molecule has 1 fully saturated rings. The second-order valence-electron chi connectivity index (χ2n) is 8.12. The average molecular weight is 430 g/mol. The molecule has 6 nitrogen and oxygen atoms in total. The molecule has 0 spiro atoms. The van der Waals surface area contributed by atoms with E-state index in [1.54, 1.807) is 25.5 Å². The van der Waals surface area contributed by atoms with Gasteiger partial charge in [-0.1, -0.05) is 12.1 Å². The summed E-state index contributed by atoms with van der Waals surface area (Å²) < 4.78 is 30.8. The van der Waals surface area contributed by atoms with Gasteiger partial charge in [-0.15, -0.1) is 0 Å². The molecule has 1 atom stereocenters. The molecule has 2 aromatic heterocycles. The molecule has 1 aliphatic carbocycles. The molecule has 0 amide bonds. The minimum Gasteiger partial charge on any atom is -0.356 e. The largest absolute Gasteiger partial charge is 0.356 e. The highest BCUT2D eigenvalue weighted by Crippen LogP contribution is 2.32. The lowest BCUT2D eigenvalue weighted by Crippen LogP contribution is -2.37. The standard InChI is InChI=1S/C22H28FN5OS/c1-24-30(29,13-16-3-7-18(23)8-4-16)14-17-5-9-19(10-6-17)28(2)22-20-11-12-25-21(20)26-15-27-22/h3-4,7-8,11-12,15,17,19H,5-6,9-10,13-14H2,1-2H3,(H,25,26,27). The highest BCUT2D eigenvalue weighted by Gasteiger charge is 2.28. The van der Waals surface area contributed by atoms with Crippen LogP contribution in [0.5, 0.6) is 0 Å². The van der Waals surface area contributed by atoms with Gasteiger partial charge in [-0.3, -0.25) is 0 Å². The van der Waals surface area contributed by atoms with Crippen LogP contribution < -0.4 is 4.90 Å². The molecule has 1 aromatic carbocycles. The van der Waals surface area contributed by atoms with Gasteiger partial charge in [0.25, 0.3) is 0 Å². The van der Waals surface area contributed by atoms with Gasteiger partial charge < -0.3 is 9.88 Å². The third kappa shape index (κ3) is 4.48. The van der Waals surface area contributed by atoms with Crippen molar-refractivity contribution in [2.75, 3.05) is 24.7 Å². The van der Waals surface area contributed by atoms with Crippen molar-refractivity contribution in [2.24, 2.45) is 10.3 Å². The van der Waals surface area contributed by atoms with Gasteiger partial charge in [0.15, 0.2) is 0 Å². The Balaban J connectivity index is 1.38. The van der Waals surface area contributed by atoms with Crippen LogP contribution in [0.4, 0.5) is 10.2 Å². The summed E-state index contributed by atoms with van der Waals surface area (Å²) >= 11 is 0. The monoisotopic (exact) mass is 429 g/mol. The number of nitrogens with zero attached hydrogens (tertiary/aromatic N) is 4. The van der Waals surface area contributed by atoms with Gasteiger partial charge >= 0.3 is 0 Å². The number of hydrogen-bond acceptors (Lipinski definition) is 5. The van der Waals surface area contributed by atoms with Crippen molar-refractivity contribution in [3.8, 4) is 0 Å². The summed E-state index contributed by atoms with van der Waals surface area (Å²) in [5.41, 5.74) is 1.73. The number of benzene rings is 1. The molecule has 1 aliphatic rings. The van der Waals surface area contributed by atoms with E-state index in [4.69, 9.17) is 0 Å². The lowest BCUT2D eigenvalue weighted by molar-refractivity contribution is 0.342. The van der Waals surface area contributed by atoms with E-state index in [1.807, 2.05) is 12.3 Å². The van der Waals surface area contributed by atoms with E-state index >= 15 is 0 Å². The third-order valence-electron chi connectivity index (χ3n) is 6.17. The first-order chi connectivity index (χ1) is 14.5. The molecule has 0 radical (unpaired) electrons. The molecule has 0 saturated heterocycles. The summed E-state index contributed by atoms with van der Waals surface area (Å²) in [7, 11) is 1.40. The number of aromatic nitrogens is 3. The summed E-state index contributed by atoms with van der Waals surface area (Å²) in [5, 5.41) is 1.04. The lowest BCUT2D eigenvalue weighted by atomic mass is 9.86. The molecule has 8 heteroatoms. The Kier molecular flexibility index (Phi) is 6.04. The Morgan fingerprint density at radius 1 is 1.17 bits per heavy atom. The minimum absolute atomic E-state index is 0.276. The fraction of sp³-hybridized carbons (Fsp3) is 0.455. The second-order valence-corrected chi connectivity index (χ2v) is 10.6. The number of halogens is 1. The smallest absolute Gasteiger partial charge is 0.142 e. The molecule has 3 aromatic rings. The van der Waals surface area contributed by atoms with Gasteiger partial charge in [-0.05, 0) is 55.4 Å². The molecule has 1 N–H and O–H groups in total.